The minimum atomic E-state index is 0.0821. The van der Waals surface area contributed by atoms with Crippen molar-refractivity contribution in [3.05, 3.63) is 0 Å². The lowest BCUT2D eigenvalue weighted by molar-refractivity contribution is -0.122. The van der Waals surface area contributed by atoms with Crippen LogP contribution in [-0.4, -0.2) is 36.5 Å². The summed E-state index contributed by atoms with van der Waals surface area (Å²) in [5, 5.41) is 6.61. The van der Waals surface area contributed by atoms with Gasteiger partial charge in [0.25, 0.3) is 0 Å². The minimum absolute atomic E-state index is 0.0821. The van der Waals surface area contributed by atoms with Crippen molar-refractivity contribution in [2.24, 2.45) is 5.92 Å². The highest BCUT2D eigenvalue weighted by atomic mass is 32.2. The first-order valence-corrected chi connectivity index (χ1v) is 8.73. The molecule has 1 amide bonds. The number of amides is 1. The molecule has 18 heavy (non-hydrogen) atoms. The maximum atomic E-state index is 12.0. The number of carbonyl (C=O) groups is 1. The van der Waals surface area contributed by atoms with Crippen LogP contribution in [0.5, 0.6) is 0 Å². The molecule has 2 aliphatic rings. The third-order valence-electron chi connectivity index (χ3n) is 4.25. The summed E-state index contributed by atoms with van der Waals surface area (Å²) in [5.41, 5.74) is 0. The Labute approximate surface area is 115 Å². The van der Waals surface area contributed by atoms with E-state index in [-0.39, 0.29) is 11.9 Å². The number of unbranched alkanes of at least 4 members (excludes halogenated alkanes) is 1. The SMILES string of the molecule is CSCCCCNC(=O)C1CC2CCCCC2N1. The van der Waals surface area contributed by atoms with E-state index in [1.54, 1.807) is 0 Å². The molecule has 2 N–H and O–H groups in total. The smallest absolute Gasteiger partial charge is 0.237 e. The quantitative estimate of drug-likeness (QED) is 0.727. The molecule has 0 spiro atoms. The van der Waals surface area contributed by atoms with Crippen molar-refractivity contribution in [2.45, 2.75) is 57.0 Å². The molecule has 3 atom stereocenters. The Morgan fingerprint density at radius 3 is 2.94 bits per heavy atom. The van der Waals surface area contributed by atoms with Crippen LogP contribution in [0.1, 0.15) is 44.9 Å². The fourth-order valence-corrected chi connectivity index (χ4v) is 3.72. The molecule has 1 heterocycles. The summed E-state index contributed by atoms with van der Waals surface area (Å²) in [7, 11) is 0. The fraction of sp³-hybridized carbons (Fsp3) is 0.929. The molecule has 2 rings (SSSR count). The molecule has 1 saturated heterocycles. The Morgan fingerprint density at radius 1 is 1.33 bits per heavy atom. The summed E-state index contributed by atoms with van der Waals surface area (Å²) >= 11 is 1.87. The van der Waals surface area contributed by atoms with Crippen molar-refractivity contribution in [3.63, 3.8) is 0 Å². The minimum Gasteiger partial charge on any atom is -0.355 e. The number of hydrogen-bond donors (Lipinski definition) is 2. The van der Waals surface area contributed by atoms with Crippen LogP contribution in [-0.2, 0) is 4.79 Å². The van der Waals surface area contributed by atoms with E-state index in [0.717, 1.165) is 25.3 Å². The van der Waals surface area contributed by atoms with Gasteiger partial charge in [-0.25, -0.2) is 0 Å². The molecule has 0 radical (unpaired) electrons. The van der Waals surface area contributed by atoms with Gasteiger partial charge in [-0.15, -0.1) is 0 Å². The molecular weight excluding hydrogens is 244 g/mol. The molecule has 0 aromatic rings. The van der Waals surface area contributed by atoms with E-state index in [4.69, 9.17) is 0 Å². The predicted molar refractivity (Wildman–Crippen MR) is 77.9 cm³/mol. The first-order chi connectivity index (χ1) is 8.81. The van der Waals surface area contributed by atoms with Gasteiger partial charge in [0.15, 0.2) is 0 Å². The molecule has 104 valence electrons. The molecule has 1 saturated carbocycles. The second-order valence-electron chi connectivity index (χ2n) is 5.60. The van der Waals surface area contributed by atoms with Gasteiger partial charge in [-0.2, -0.15) is 11.8 Å². The summed E-state index contributed by atoms with van der Waals surface area (Å²) in [6.45, 7) is 0.840. The van der Waals surface area contributed by atoms with Gasteiger partial charge in [-0.1, -0.05) is 12.8 Å². The molecule has 1 aliphatic carbocycles. The van der Waals surface area contributed by atoms with Gasteiger partial charge in [0, 0.05) is 12.6 Å². The van der Waals surface area contributed by atoms with Crippen molar-refractivity contribution < 1.29 is 4.79 Å². The van der Waals surface area contributed by atoms with Crippen molar-refractivity contribution in [3.8, 4) is 0 Å². The lowest BCUT2D eigenvalue weighted by Gasteiger charge is -2.24. The Balaban J connectivity index is 1.64. The molecule has 3 nitrogen and oxygen atoms in total. The zero-order valence-corrected chi connectivity index (χ0v) is 12.2. The van der Waals surface area contributed by atoms with E-state index in [2.05, 4.69) is 16.9 Å². The number of rotatable bonds is 6. The van der Waals surface area contributed by atoms with Crippen molar-refractivity contribution in [2.75, 3.05) is 18.6 Å². The van der Waals surface area contributed by atoms with E-state index in [9.17, 15) is 4.79 Å². The number of hydrogen-bond acceptors (Lipinski definition) is 3. The van der Waals surface area contributed by atoms with Crippen LogP contribution in [0.15, 0.2) is 0 Å². The molecule has 0 aromatic heterocycles. The van der Waals surface area contributed by atoms with Crippen molar-refractivity contribution in [1.29, 1.82) is 0 Å². The van der Waals surface area contributed by atoms with Crippen LogP contribution in [0.4, 0.5) is 0 Å². The van der Waals surface area contributed by atoms with E-state index < -0.39 is 0 Å². The van der Waals surface area contributed by atoms with E-state index in [1.165, 1.54) is 37.9 Å². The van der Waals surface area contributed by atoms with Crippen LogP contribution in [0.25, 0.3) is 0 Å². The molecule has 0 aromatic carbocycles. The molecule has 3 unspecified atom stereocenters. The van der Waals surface area contributed by atoms with Gasteiger partial charge < -0.3 is 10.6 Å². The van der Waals surface area contributed by atoms with Gasteiger partial charge in [-0.3, -0.25) is 4.79 Å². The number of nitrogens with one attached hydrogen (secondary N) is 2. The van der Waals surface area contributed by atoms with Gasteiger partial charge >= 0.3 is 0 Å². The highest BCUT2D eigenvalue weighted by Crippen LogP contribution is 2.33. The van der Waals surface area contributed by atoms with Gasteiger partial charge in [0.2, 0.25) is 5.91 Å². The molecule has 2 fully saturated rings. The normalized spacial score (nSPS) is 31.1. The largest absolute Gasteiger partial charge is 0.355 e. The van der Waals surface area contributed by atoms with Gasteiger partial charge in [-0.05, 0) is 50.0 Å². The maximum Gasteiger partial charge on any atom is 0.237 e. The standard InChI is InChI=1S/C14H26N2OS/c1-18-9-5-4-8-15-14(17)13-10-11-6-2-3-7-12(11)16-13/h11-13,16H,2-10H2,1H3,(H,15,17). The molecule has 4 heteroatoms. The Kier molecular flexibility index (Phi) is 5.83. The average Bonchev–Trinajstić information content (AvgIpc) is 2.82. The number of fused-ring (bicyclic) bond motifs is 1. The molecule has 0 bridgehead atoms. The van der Waals surface area contributed by atoms with Gasteiger partial charge in [0.05, 0.1) is 6.04 Å². The number of thioether (sulfide) groups is 1. The Bertz CT molecular complexity index is 259. The maximum absolute atomic E-state index is 12.0. The predicted octanol–water partition coefficient (Wildman–Crippen LogP) is 2.17. The topological polar surface area (TPSA) is 41.1 Å². The monoisotopic (exact) mass is 270 g/mol. The lowest BCUT2D eigenvalue weighted by atomic mass is 9.85. The van der Waals surface area contributed by atoms with Crippen LogP contribution in [0.2, 0.25) is 0 Å². The van der Waals surface area contributed by atoms with Crippen LogP contribution < -0.4 is 10.6 Å². The first kappa shape index (κ1) is 14.2. The summed E-state index contributed by atoms with van der Waals surface area (Å²) in [6, 6.07) is 0.699. The van der Waals surface area contributed by atoms with E-state index >= 15 is 0 Å². The lowest BCUT2D eigenvalue weighted by Crippen LogP contribution is -2.43. The number of carbonyl (C=O) groups excluding carboxylic acids is 1. The average molecular weight is 270 g/mol. The van der Waals surface area contributed by atoms with Crippen LogP contribution >= 0.6 is 11.8 Å². The molecular formula is C14H26N2OS. The van der Waals surface area contributed by atoms with Crippen LogP contribution in [0.3, 0.4) is 0 Å². The van der Waals surface area contributed by atoms with Gasteiger partial charge in [0.1, 0.15) is 0 Å². The second-order valence-corrected chi connectivity index (χ2v) is 6.58. The fourth-order valence-electron chi connectivity index (χ4n) is 3.23. The Morgan fingerprint density at radius 2 is 2.17 bits per heavy atom. The summed E-state index contributed by atoms with van der Waals surface area (Å²) in [6.07, 6.45) is 10.8. The Hall–Kier alpha value is -0.220. The highest BCUT2D eigenvalue weighted by molar-refractivity contribution is 7.98. The third-order valence-corrected chi connectivity index (χ3v) is 4.95. The van der Waals surface area contributed by atoms with Crippen LogP contribution in [0, 0.1) is 5.92 Å². The third kappa shape index (κ3) is 3.89. The zero-order chi connectivity index (χ0) is 12.8. The van der Waals surface area contributed by atoms with Crippen molar-refractivity contribution >= 4 is 17.7 Å². The summed E-state index contributed by atoms with van der Waals surface area (Å²) in [4.78, 5) is 12.0. The van der Waals surface area contributed by atoms with Crippen molar-refractivity contribution in [1.82, 2.24) is 10.6 Å². The zero-order valence-electron chi connectivity index (χ0n) is 11.4. The molecule has 1 aliphatic heterocycles. The first-order valence-electron chi connectivity index (χ1n) is 7.34. The second kappa shape index (κ2) is 7.39. The van der Waals surface area contributed by atoms with E-state index in [1.807, 2.05) is 11.8 Å². The van der Waals surface area contributed by atoms with E-state index in [0.29, 0.717) is 6.04 Å². The summed E-state index contributed by atoms with van der Waals surface area (Å²) in [5.74, 6) is 2.18. The highest BCUT2D eigenvalue weighted by Gasteiger charge is 2.37. The summed E-state index contributed by atoms with van der Waals surface area (Å²) < 4.78 is 0.